The fraction of sp³-hybridized carbons (Fsp3) is 0.333. The average molecular weight is 368 g/mol. The van der Waals surface area contributed by atoms with Crippen molar-refractivity contribution in [3.8, 4) is 0 Å². The highest BCUT2D eigenvalue weighted by molar-refractivity contribution is 7.89. The lowest BCUT2D eigenvalue weighted by Crippen LogP contribution is -2.48. The average Bonchev–Trinajstić information content (AvgIpc) is 3.26. The largest absolute Gasteiger partial charge is 0.352 e. The molecular formula is C12H12N6O2S3. The van der Waals surface area contributed by atoms with Gasteiger partial charge in [0, 0.05) is 26.2 Å². The van der Waals surface area contributed by atoms with Gasteiger partial charge in [-0.3, -0.25) is 0 Å². The molecule has 0 atom stereocenters. The standard InChI is InChI=1S/C12H12N6O2S3/c19-23(20,10-3-1-2-9-12(10)16-22-14-9)18-6-4-17(5-7-18)11-8-13-21-15-11/h1-3,8H,4-7H2. The fourth-order valence-electron chi connectivity index (χ4n) is 2.59. The van der Waals surface area contributed by atoms with E-state index in [0.29, 0.717) is 37.2 Å². The van der Waals surface area contributed by atoms with Crippen molar-refractivity contribution in [1.82, 2.24) is 21.8 Å². The van der Waals surface area contributed by atoms with Gasteiger partial charge in [0.2, 0.25) is 10.0 Å². The molecule has 1 saturated heterocycles. The van der Waals surface area contributed by atoms with Gasteiger partial charge in [-0.15, -0.1) is 0 Å². The molecule has 3 heterocycles. The number of benzene rings is 1. The van der Waals surface area contributed by atoms with Gasteiger partial charge in [-0.25, -0.2) is 8.42 Å². The molecule has 0 amide bonds. The highest BCUT2D eigenvalue weighted by atomic mass is 32.2. The lowest BCUT2D eigenvalue weighted by Gasteiger charge is -2.33. The van der Waals surface area contributed by atoms with Crippen LogP contribution in [0.4, 0.5) is 5.82 Å². The molecule has 2 aromatic heterocycles. The van der Waals surface area contributed by atoms with Crippen LogP contribution in [0.5, 0.6) is 0 Å². The van der Waals surface area contributed by atoms with Gasteiger partial charge >= 0.3 is 0 Å². The molecule has 0 bridgehead atoms. The van der Waals surface area contributed by atoms with Crippen LogP contribution in [0.3, 0.4) is 0 Å². The van der Waals surface area contributed by atoms with Crippen molar-refractivity contribution in [1.29, 1.82) is 0 Å². The van der Waals surface area contributed by atoms with Crippen molar-refractivity contribution in [2.75, 3.05) is 31.1 Å². The summed E-state index contributed by atoms with van der Waals surface area (Å²) >= 11 is 2.17. The van der Waals surface area contributed by atoms with Gasteiger partial charge in [-0.1, -0.05) is 6.07 Å². The number of aromatic nitrogens is 4. The summed E-state index contributed by atoms with van der Waals surface area (Å²) in [5.41, 5.74) is 1.06. The smallest absolute Gasteiger partial charge is 0.245 e. The fourth-order valence-corrected chi connectivity index (χ4v) is 5.19. The van der Waals surface area contributed by atoms with Crippen LogP contribution in [-0.4, -0.2) is 56.4 Å². The molecule has 1 aromatic carbocycles. The maximum atomic E-state index is 12.9. The number of hydrogen-bond donors (Lipinski definition) is 0. The summed E-state index contributed by atoms with van der Waals surface area (Å²) < 4.78 is 43.7. The van der Waals surface area contributed by atoms with E-state index >= 15 is 0 Å². The third-order valence-electron chi connectivity index (χ3n) is 3.78. The van der Waals surface area contributed by atoms with Gasteiger partial charge in [0.05, 0.1) is 29.7 Å². The third-order valence-corrected chi connectivity index (χ3v) is 6.72. The van der Waals surface area contributed by atoms with E-state index in [9.17, 15) is 8.42 Å². The molecule has 8 nitrogen and oxygen atoms in total. The van der Waals surface area contributed by atoms with Crippen LogP contribution in [0.2, 0.25) is 0 Å². The van der Waals surface area contributed by atoms with Crippen LogP contribution in [0, 0.1) is 0 Å². The molecule has 0 unspecified atom stereocenters. The van der Waals surface area contributed by atoms with Crippen LogP contribution >= 0.6 is 23.5 Å². The van der Waals surface area contributed by atoms with Crippen molar-refractivity contribution < 1.29 is 8.42 Å². The molecule has 1 aliphatic heterocycles. The summed E-state index contributed by atoms with van der Waals surface area (Å²) in [6.45, 7) is 2.01. The number of sulfonamides is 1. The zero-order chi connectivity index (χ0) is 15.9. The molecule has 1 fully saturated rings. The first kappa shape index (κ1) is 14.9. The summed E-state index contributed by atoms with van der Waals surface area (Å²) in [4.78, 5) is 2.27. The van der Waals surface area contributed by atoms with E-state index in [0.717, 1.165) is 29.3 Å². The maximum absolute atomic E-state index is 12.9. The van der Waals surface area contributed by atoms with Crippen LogP contribution in [0.15, 0.2) is 29.3 Å². The minimum atomic E-state index is -3.57. The normalized spacial score (nSPS) is 17.0. The first-order chi connectivity index (χ1) is 11.2. The quantitative estimate of drug-likeness (QED) is 0.682. The van der Waals surface area contributed by atoms with E-state index < -0.39 is 10.0 Å². The van der Waals surface area contributed by atoms with Crippen molar-refractivity contribution in [3.05, 3.63) is 24.4 Å². The van der Waals surface area contributed by atoms with E-state index in [1.54, 1.807) is 24.4 Å². The second-order valence-corrected chi connectivity index (χ2v) is 8.04. The molecule has 3 aromatic rings. The third kappa shape index (κ3) is 2.59. The molecule has 120 valence electrons. The van der Waals surface area contributed by atoms with Crippen molar-refractivity contribution in [2.45, 2.75) is 4.90 Å². The Morgan fingerprint density at radius 1 is 1.00 bits per heavy atom. The molecule has 0 aliphatic carbocycles. The molecule has 0 N–H and O–H groups in total. The Balaban J connectivity index is 1.59. The number of rotatable bonds is 3. The molecular weight excluding hydrogens is 356 g/mol. The van der Waals surface area contributed by atoms with Crippen molar-refractivity contribution in [2.24, 2.45) is 0 Å². The first-order valence-electron chi connectivity index (χ1n) is 6.90. The lowest BCUT2D eigenvalue weighted by atomic mass is 10.3. The summed E-state index contributed by atoms with van der Waals surface area (Å²) in [6, 6.07) is 5.06. The van der Waals surface area contributed by atoms with Crippen molar-refractivity contribution >= 4 is 50.3 Å². The number of nitrogens with zero attached hydrogens (tertiary/aromatic N) is 6. The topological polar surface area (TPSA) is 92.2 Å². The second-order valence-electron chi connectivity index (χ2n) is 5.04. The molecule has 23 heavy (non-hydrogen) atoms. The van der Waals surface area contributed by atoms with E-state index in [-0.39, 0.29) is 4.90 Å². The molecule has 4 rings (SSSR count). The Morgan fingerprint density at radius 2 is 1.83 bits per heavy atom. The Bertz CT molecular complexity index is 915. The minimum Gasteiger partial charge on any atom is -0.352 e. The summed E-state index contributed by atoms with van der Waals surface area (Å²) in [5, 5.41) is 0. The molecule has 11 heteroatoms. The number of piperazine rings is 1. The number of anilines is 1. The van der Waals surface area contributed by atoms with Gasteiger partial charge < -0.3 is 4.90 Å². The van der Waals surface area contributed by atoms with E-state index in [1.165, 1.54) is 4.31 Å². The van der Waals surface area contributed by atoms with Gasteiger partial charge in [-0.2, -0.15) is 21.8 Å². The summed E-state index contributed by atoms with van der Waals surface area (Å²) in [6.07, 6.45) is 1.70. The lowest BCUT2D eigenvalue weighted by molar-refractivity contribution is 0.384. The zero-order valence-electron chi connectivity index (χ0n) is 11.9. The van der Waals surface area contributed by atoms with Crippen LogP contribution in [-0.2, 0) is 10.0 Å². The van der Waals surface area contributed by atoms with Gasteiger partial charge in [0.1, 0.15) is 15.9 Å². The van der Waals surface area contributed by atoms with E-state index in [2.05, 4.69) is 17.5 Å². The Labute approximate surface area is 141 Å². The van der Waals surface area contributed by atoms with E-state index in [4.69, 9.17) is 0 Å². The van der Waals surface area contributed by atoms with E-state index in [1.807, 2.05) is 4.90 Å². The molecule has 0 saturated carbocycles. The number of fused-ring (bicyclic) bond motifs is 1. The van der Waals surface area contributed by atoms with Crippen LogP contribution < -0.4 is 4.90 Å². The molecule has 0 spiro atoms. The van der Waals surface area contributed by atoms with Gasteiger partial charge in [-0.05, 0) is 12.1 Å². The number of hydrogen-bond acceptors (Lipinski definition) is 9. The Morgan fingerprint density at radius 3 is 2.57 bits per heavy atom. The first-order valence-corrected chi connectivity index (χ1v) is 9.80. The van der Waals surface area contributed by atoms with Crippen LogP contribution in [0.1, 0.15) is 0 Å². The maximum Gasteiger partial charge on any atom is 0.245 e. The summed E-state index contributed by atoms with van der Waals surface area (Å²) in [7, 11) is -3.57. The highest BCUT2D eigenvalue weighted by Crippen LogP contribution is 2.25. The predicted octanol–water partition coefficient (Wildman–Crippen LogP) is 1.05. The van der Waals surface area contributed by atoms with Gasteiger partial charge in [0.15, 0.2) is 5.82 Å². The van der Waals surface area contributed by atoms with Gasteiger partial charge in [0.25, 0.3) is 0 Å². The monoisotopic (exact) mass is 368 g/mol. The minimum absolute atomic E-state index is 0.229. The second kappa shape index (κ2) is 5.74. The Kier molecular flexibility index (Phi) is 3.71. The predicted molar refractivity (Wildman–Crippen MR) is 88.3 cm³/mol. The SMILES string of the molecule is O=S(=O)(c1cccc2nsnc12)N1CCN(c2cnsn2)CC1. The molecule has 0 radical (unpaired) electrons. The van der Waals surface area contributed by atoms with Crippen molar-refractivity contribution in [3.63, 3.8) is 0 Å². The Hall–Kier alpha value is -1.69. The zero-order valence-corrected chi connectivity index (χ0v) is 14.3. The van der Waals surface area contributed by atoms with Crippen LogP contribution in [0.25, 0.3) is 11.0 Å². The highest BCUT2D eigenvalue weighted by Gasteiger charge is 2.31. The summed E-state index contributed by atoms with van der Waals surface area (Å²) in [5.74, 6) is 0.804. The molecule has 1 aliphatic rings.